The van der Waals surface area contributed by atoms with E-state index in [9.17, 15) is 9.59 Å². The molecule has 4 aromatic rings. The van der Waals surface area contributed by atoms with Crippen LogP contribution in [0.5, 0.6) is 0 Å². The first-order chi connectivity index (χ1) is 14.0. The Morgan fingerprint density at radius 1 is 0.897 bits per heavy atom. The standard InChI is InChI=1S/C25H22N2O2/c1-17-12-13-18(2)22(14-17)26-24(28)16-27-15-21(20-10-6-7-11-23(20)27)25(29)19-8-4-3-5-9-19/h3-15H,16H2,1-2H3,(H,26,28). The van der Waals surface area contributed by atoms with Crippen molar-refractivity contribution in [2.75, 3.05) is 5.32 Å². The Morgan fingerprint density at radius 2 is 1.62 bits per heavy atom. The number of aryl methyl sites for hydroxylation is 2. The number of para-hydroxylation sites is 1. The molecule has 3 aromatic carbocycles. The van der Waals surface area contributed by atoms with Gasteiger partial charge in [0.15, 0.2) is 5.78 Å². The number of carbonyl (C=O) groups is 2. The maximum absolute atomic E-state index is 13.0. The van der Waals surface area contributed by atoms with Gasteiger partial charge in [-0.25, -0.2) is 0 Å². The van der Waals surface area contributed by atoms with E-state index < -0.39 is 0 Å². The van der Waals surface area contributed by atoms with Crippen LogP contribution in [0.1, 0.15) is 27.0 Å². The molecule has 0 spiro atoms. The second-order valence-corrected chi connectivity index (χ2v) is 7.25. The minimum Gasteiger partial charge on any atom is -0.337 e. The van der Waals surface area contributed by atoms with Crippen LogP contribution in [-0.2, 0) is 11.3 Å². The molecule has 0 bridgehead atoms. The second-order valence-electron chi connectivity index (χ2n) is 7.25. The molecule has 1 N–H and O–H groups in total. The number of fused-ring (bicyclic) bond motifs is 1. The Labute approximate surface area is 169 Å². The number of anilines is 1. The van der Waals surface area contributed by atoms with Gasteiger partial charge in [0.1, 0.15) is 6.54 Å². The van der Waals surface area contributed by atoms with Gasteiger partial charge in [-0.2, -0.15) is 0 Å². The zero-order chi connectivity index (χ0) is 20.4. The van der Waals surface area contributed by atoms with Crippen LogP contribution in [0.4, 0.5) is 5.69 Å². The summed E-state index contributed by atoms with van der Waals surface area (Å²) in [6.07, 6.45) is 1.78. The highest BCUT2D eigenvalue weighted by Gasteiger charge is 2.17. The zero-order valence-corrected chi connectivity index (χ0v) is 16.5. The highest BCUT2D eigenvalue weighted by atomic mass is 16.2. The molecule has 4 heteroatoms. The maximum Gasteiger partial charge on any atom is 0.244 e. The highest BCUT2D eigenvalue weighted by molar-refractivity contribution is 6.16. The molecule has 0 unspecified atom stereocenters. The molecule has 0 radical (unpaired) electrons. The predicted molar refractivity (Wildman–Crippen MR) is 116 cm³/mol. The average Bonchev–Trinajstić information content (AvgIpc) is 3.09. The van der Waals surface area contributed by atoms with Gasteiger partial charge in [-0.05, 0) is 37.1 Å². The van der Waals surface area contributed by atoms with Crippen LogP contribution >= 0.6 is 0 Å². The summed E-state index contributed by atoms with van der Waals surface area (Å²) in [5.74, 6) is -0.173. The van der Waals surface area contributed by atoms with Crippen LogP contribution in [0, 0.1) is 13.8 Å². The van der Waals surface area contributed by atoms with Gasteiger partial charge in [-0.3, -0.25) is 9.59 Å². The number of aromatic nitrogens is 1. The van der Waals surface area contributed by atoms with Gasteiger partial charge in [0, 0.05) is 33.9 Å². The van der Waals surface area contributed by atoms with Crippen LogP contribution in [-0.4, -0.2) is 16.3 Å². The first-order valence-electron chi connectivity index (χ1n) is 9.57. The van der Waals surface area contributed by atoms with E-state index in [1.807, 2.05) is 91.2 Å². The Bertz CT molecular complexity index is 1210. The van der Waals surface area contributed by atoms with Crippen molar-refractivity contribution in [2.24, 2.45) is 0 Å². The van der Waals surface area contributed by atoms with Crippen molar-refractivity contribution in [3.05, 3.63) is 101 Å². The fourth-order valence-electron chi connectivity index (χ4n) is 3.52. The molecule has 0 aliphatic carbocycles. The first kappa shape index (κ1) is 18.7. The van der Waals surface area contributed by atoms with Gasteiger partial charge in [0.25, 0.3) is 0 Å². The summed E-state index contributed by atoms with van der Waals surface area (Å²) in [7, 11) is 0. The van der Waals surface area contributed by atoms with E-state index in [4.69, 9.17) is 0 Å². The minimum absolute atomic E-state index is 0.0458. The molecule has 0 saturated carbocycles. The van der Waals surface area contributed by atoms with E-state index in [2.05, 4.69) is 5.32 Å². The fraction of sp³-hybridized carbons (Fsp3) is 0.120. The van der Waals surface area contributed by atoms with E-state index in [0.29, 0.717) is 11.1 Å². The molecule has 144 valence electrons. The topological polar surface area (TPSA) is 51.1 Å². The molecule has 29 heavy (non-hydrogen) atoms. The van der Waals surface area contributed by atoms with Crippen molar-refractivity contribution >= 4 is 28.3 Å². The Kier molecular flexibility index (Phi) is 5.00. The lowest BCUT2D eigenvalue weighted by Crippen LogP contribution is -2.19. The lowest BCUT2D eigenvalue weighted by molar-refractivity contribution is -0.116. The summed E-state index contributed by atoms with van der Waals surface area (Å²) in [5, 5.41) is 3.84. The van der Waals surface area contributed by atoms with Crippen molar-refractivity contribution in [1.29, 1.82) is 0 Å². The van der Waals surface area contributed by atoms with Crippen LogP contribution in [0.3, 0.4) is 0 Å². The molecule has 4 nitrogen and oxygen atoms in total. The quantitative estimate of drug-likeness (QED) is 0.487. The second kappa shape index (κ2) is 7.76. The lowest BCUT2D eigenvalue weighted by atomic mass is 10.0. The average molecular weight is 382 g/mol. The maximum atomic E-state index is 13.0. The highest BCUT2D eigenvalue weighted by Crippen LogP contribution is 2.24. The smallest absolute Gasteiger partial charge is 0.244 e. The number of ketones is 1. The summed E-state index contributed by atoms with van der Waals surface area (Å²) in [6.45, 7) is 4.10. The van der Waals surface area contributed by atoms with Gasteiger partial charge in [0.2, 0.25) is 5.91 Å². The molecule has 4 rings (SSSR count). The van der Waals surface area contributed by atoms with Crippen LogP contribution in [0.2, 0.25) is 0 Å². The van der Waals surface area contributed by atoms with Crippen molar-refractivity contribution in [3.63, 3.8) is 0 Å². The molecule has 0 atom stereocenters. The fourth-order valence-corrected chi connectivity index (χ4v) is 3.52. The number of carbonyl (C=O) groups excluding carboxylic acids is 2. The normalized spacial score (nSPS) is 10.8. The van der Waals surface area contributed by atoms with Crippen molar-refractivity contribution < 1.29 is 9.59 Å². The molecular formula is C25H22N2O2. The van der Waals surface area contributed by atoms with E-state index in [-0.39, 0.29) is 18.2 Å². The van der Waals surface area contributed by atoms with E-state index in [1.54, 1.807) is 6.20 Å². The zero-order valence-electron chi connectivity index (χ0n) is 16.5. The molecular weight excluding hydrogens is 360 g/mol. The Morgan fingerprint density at radius 3 is 2.41 bits per heavy atom. The summed E-state index contributed by atoms with van der Waals surface area (Å²) < 4.78 is 1.84. The molecule has 0 fully saturated rings. The van der Waals surface area contributed by atoms with E-state index >= 15 is 0 Å². The first-order valence-corrected chi connectivity index (χ1v) is 9.57. The number of nitrogens with one attached hydrogen (secondary N) is 1. The molecule has 1 heterocycles. The number of nitrogens with zero attached hydrogens (tertiary/aromatic N) is 1. The van der Waals surface area contributed by atoms with Crippen LogP contribution in [0.15, 0.2) is 79.0 Å². The van der Waals surface area contributed by atoms with Gasteiger partial charge >= 0.3 is 0 Å². The Balaban J connectivity index is 1.65. The monoisotopic (exact) mass is 382 g/mol. The predicted octanol–water partition coefficient (Wildman–Crippen LogP) is 5.13. The van der Waals surface area contributed by atoms with Crippen molar-refractivity contribution in [3.8, 4) is 0 Å². The van der Waals surface area contributed by atoms with E-state index in [0.717, 1.165) is 27.7 Å². The molecule has 0 saturated heterocycles. The molecule has 1 amide bonds. The van der Waals surface area contributed by atoms with Gasteiger partial charge in [-0.1, -0.05) is 60.7 Å². The number of benzene rings is 3. The third-order valence-corrected chi connectivity index (χ3v) is 5.05. The Hall–Kier alpha value is -3.66. The molecule has 0 aliphatic heterocycles. The lowest BCUT2D eigenvalue weighted by Gasteiger charge is -2.10. The molecule has 1 aromatic heterocycles. The number of hydrogen-bond donors (Lipinski definition) is 1. The summed E-state index contributed by atoms with van der Waals surface area (Å²) >= 11 is 0. The van der Waals surface area contributed by atoms with Crippen molar-refractivity contribution in [1.82, 2.24) is 4.57 Å². The number of hydrogen-bond acceptors (Lipinski definition) is 2. The van der Waals surface area contributed by atoms with E-state index in [1.165, 1.54) is 0 Å². The summed E-state index contributed by atoms with van der Waals surface area (Å²) in [6, 6.07) is 22.9. The van der Waals surface area contributed by atoms with Gasteiger partial charge in [0.05, 0.1) is 0 Å². The summed E-state index contributed by atoms with van der Waals surface area (Å²) in [5.41, 5.74) is 5.02. The van der Waals surface area contributed by atoms with Crippen LogP contribution in [0.25, 0.3) is 10.9 Å². The van der Waals surface area contributed by atoms with Gasteiger partial charge in [-0.15, -0.1) is 0 Å². The number of rotatable bonds is 5. The van der Waals surface area contributed by atoms with Crippen molar-refractivity contribution in [2.45, 2.75) is 20.4 Å². The van der Waals surface area contributed by atoms with Crippen LogP contribution < -0.4 is 5.32 Å². The third kappa shape index (κ3) is 3.83. The molecule has 0 aliphatic rings. The third-order valence-electron chi connectivity index (χ3n) is 5.05. The summed E-state index contributed by atoms with van der Waals surface area (Å²) in [4.78, 5) is 25.7. The largest absolute Gasteiger partial charge is 0.337 e. The minimum atomic E-state index is -0.127. The number of amides is 1. The van der Waals surface area contributed by atoms with Gasteiger partial charge < -0.3 is 9.88 Å². The SMILES string of the molecule is Cc1ccc(C)c(NC(=O)Cn2cc(C(=O)c3ccccc3)c3ccccc32)c1.